The number of nitrogens with one attached hydrogen (secondary N) is 2. The van der Waals surface area contributed by atoms with Crippen molar-refractivity contribution in [1.29, 1.82) is 0 Å². The molecule has 0 aliphatic carbocycles. The minimum Gasteiger partial charge on any atom is -0.368 e. The minimum absolute atomic E-state index is 0.0992. The van der Waals surface area contributed by atoms with Gasteiger partial charge >= 0.3 is 0 Å². The van der Waals surface area contributed by atoms with Crippen molar-refractivity contribution in [3.05, 3.63) is 72.8 Å². The Labute approximate surface area is 155 Å². The van der Waals surface area contributed by atoms with E-state index in [1.807, 2.05) is 64.8 Å². The predicted octanol–water partition coefficient (Wildman–Crippen LogP) is 2.07. The lowest BCUT2D eigenvalue weighted by Gasteiger charge is -2.09. The second-order valence-corrected chi connectivity index (χ2v) is 6.05. The number of anilines is 1. The van der Waals surface area contributed by atoms with Crippen molar-refractivity contribution in [3.8, 4) is 5.82 Å². The normalized spacial score (nSPS) is 10.9. The minimum atomic E-state index is -0.0992. The molecule has 2 N–H and O–H groups in total. The van der Waals surface area contributed by atoms with Crippen molar-refractivity contribution < 1.29 is 4.79 Å². The molecule has 1 amide bonds. The van der Waals surface area contributed by atoms with E-state index in [2.05, 4.69) is 25.6 Å². The predicted molar refractivity (Wildman–Crippen MR) is 102 cm³/mol. The van der Waals surface area contributed by atoms with Gasteiger partial charge in [0.1, 0.15) is 23.8 Å². The molecule has 27 heavy (non-hydrogen) atoms. The van der Waals surface area contributed by atoms with Crippen LogP contribution in [0.5, 0.6) is 0 Å². The van der Waals surface area contributed by atoms with Crippen molar-refractivity contribution >= 4 is 17.2 Å². The fourth-order valence-corrected chi connectivity index (χ4v) is 2.84. The molecule has 8 heteroatoms. The van der Waals surface area contributed by atoms with Crippen LogP contribution >= 0.6 is 0 Å². The first-order chi connectivity index (χ1) is 13.2. The van der Waals surface area contributed by atoms with Gasteiger partial charge in [0.2, 0.25) is 0 Å². The monoisotopic (exact) mass is 361 g/mol. The summed E-state index contributed by atoms with van der Waals surface area (Å²) in [6, 6.07) is 9.55. The quantitative estimate of drug-likeness (QED) is 0.513. The number of amides is 1. The number of pyridine rings is 1. The number of fused-ring (bicyclic) bond motifs is 1. The lowest BCUT2D eigenvalue weighted by molar-refractivity contribution is 0.0955. The van der Waals surface area contributed by atoms with Gasteiger partial charge in [-0.15, -0.1) is 0 Å². The number of hydrogen-bond acceptors (Lipinski definition) is 5. The molecule has 0 radical (unpaired) electrons. The van der Waals surface area contributed by atoms with E-state index in [4.69, 9.17) is 0 Å². The molecule has 4 aromatic heterocycles. The second-order valence-electron chi connectivity index (χ2n) is 6.05. The highest BCUT2D eigenvalue weighted by atomic mass is 16.1. The molecule has 4 rings (SSSR count). The van der Waals surface area contributed by atoms with Crippen molar-refractivity contribution in [1.82, 2.24) is 29.2 Å². The van der Waals surface area contributed by atoms with Crippen LogP contribution in [0, 0.1) is 6.92 Å². The van der Waals surface area contributed by atoms with E-state index >= 15 is 0 Å². The second kappa shape index (κ2) is 7.28. The lowest BCUT2D eigenvalue weighted by atomic mass is 10.3. The first-order valence-electron chi connectivity index (χ1n) is 8.62. The average molecular weight is 361 g/mol. The number of aryl methyl sites for hydroxylation is 1. The molecule has 0 aromatic carbocycles. The van der Waals surface area contributed by atoms with Crippen LogP contribution in [0.3, 0.4) is 0 Å². The van der Waals surface area contributed by atoms with Crippen LogP contribution in [0.1, 0.15) is 16.2 Å². The molecule has 4 aromatic rings. The summed E-state index contributed by atoms with van der Waals surface area (Å²) in [7, 11) is 0. The Bertz CT molecular complexity index is 1050. The van der Waals surface area contributed by atoms with Crippen LogP contribution in [-0.2, 0) is 0 Å². The summed E-state index contributed by atoms with van der Waals surface area (Å²) in [5, 5.41) is 6.10. The van der Waals surface area contributed by atoms with Crippen LogP contribution in [0.25, 0.3) is 11.3 Å². The van der Waals surface area contributed by atoms with Gasteiger partial charge in [-0.25, -0.2) is 15.0 Å². The maximum atomic E-state index is 12.3. The molecular formula is C19H19N7O. The summed E-state index contributed by atoms with van der Waals surface area (Å²) in [6.45, 7) is 2.95. The zero-order valence-corrected chi connectivity index (χ0v) is 14.8. The SMILES string of the molecule is Cc1nccn1-c1cc(NCCNC(=O)c2cc3ccccn3c2)ncn1. The fourth-order valence-electron chi connectivity index (χ4n) is 2.84. The summed E-state index contributed by atoms with van der Waals surface area (Å²) in [5.41, 5.74) is 1.63. The third-order valence-corrected chi connectivity index (χ3v) is 4.21. The third-order valence-electron chi connectivity index (χ3n) is 4.21. The van der Waals surface area contributed by atoms with Gasteiger partial charge in [-0.3, -0.25) is 9.36 Å². The number of carbonyl (C=O) groups excluding carboxylic acids is 1. The molecule has 0 aliphatic rings. The molecule has 0 bridgehead atoms. The van der Waals surface area contributed by atoms with E-state index in [9.17, 15) is 4.79 Å². The van der Waals surface area contributed by atoms with Gasteiger partial charge in [-0.2, -0.15) is 0 Å². The molecule has 4 heterocycles. The highest BCUT2D eigenvalue weighted by molar-refractivity contribution is 5.95. The summed E-state index contributed by atoms with van der Waals surface area (Å²) >= 11 is 0. The van der Waals surface area contributed by atoms with Crippen LogP contribution in [-0.4, -0.2) is 42.9 Å². The Morgan fingerprint density at radius 2 is 2.04 bits per heavy atom. The van der Waals surface area contributed by atoms with E-state index in [1.54, 1.807) is 6.20 Å². The molecule has 0 aliphatic heterocycles. The van der Waals surface area contributed by atoms with Crippen LogP contribution in [0.4, 0.5) is 5.82 Å². The van der Waals surface area contributed by atoms with Gasteiger partial charge in [-0.05, 0) is 25.1 Å². The van der Waals surface area contributed by atoms with Crippen LogP contribution in [0.15, 0.2) is 61.4 Å². The fraction of sp³-hybridized carbons (Fsp3) is 0.158. The number of carbonyl (C=O) groups is 1. The lowest BCUT2D eigenvalue weighted by Crippen LogP contribution is -2.28. The van der Waals surface area contributed by atoms with Gasteiger partial charge in [0.15, 0.2) is 0 Å². The third kappa shape index (κ3) is 3.64. The number of imidazole rings is 1. The molecule has 0 spiro atoms. The Kier molecular flexibility index (Phi) is 4.52. The number of nitrogens with zero attached hydrogens (tertiary/aromatic N) is 5. The highest BCUT2D eigenvalue weighted by Crippen LogP contribution is 2.11. The van der Waals surface area contributed by atoms with Gasteiger partial charge in [-0.1, -0.05) is 6.07 Å². The Hall–Kier alpha value is -3.68. The molecular weight excluding hydrogens is 342 g/mol. The van der Waals surface area contributed by atoms with E-state index in [0.29, 0.717) is 24.5 Å². The Morgan fingerprint density at radius 3 is 2.85 bits per heavy atom. The van der Waals surface area contributed by atoms with Crippen molar-refractivity contribution in [3.63, 3.8) is 0 Å². The first-order valence-corrected chi connectivity index (χ1v) is 8.62. The van der Waals surface area contributed by atoms with E-state index < -0.39 is 0 Å². The van der Waals surface area contributed by atoms with E-state index in [-0.39, 0.29) is 5.91 Å². The Morgan fingerprint density at radius 1 is 1.11 bits per heavy atom. The number of hydrogen-bond donors (Lipinski definition) is 2. The van der Waals surface area contributed by atoms with Crippen LogP contribution < -0.4 is 10.6 Å². The van der Waals surface area contributed by atoms with Crippen LogP contribution in [0.2, 0.25) is 0 Å². The standard InChI is InChI=1S/C19H19N7O/c1-14-20-7-9-26(14)18-11-17(23-13-24-18)21-5-6-22-19(27)15-10-16-4-2-3-8-25(16)12-15/h2-4,7-13H,5-6H2,1H3,(H,22,27)(H,21,23,24). The molecule has 136 valence electrons. The van der Waals surface area contributed by atoms with Gasteiger partial charge in [0.25, 0.3) is 5.91 Å². The van der Waals surface area contributed by atoms with Gasteiger partial charge in [0, 0.05) is 49.5 Å². The van der Waals surface area contributed by atoms with Gasteiger partial charge in [0.05, 0.1) is 5.56 Å². The van der Waals surface area contributed by atoms with E-state index in [0.717, 1.165) is 17.2 Å². The molecule has 0 unspecified atom stereocenters. The summed E-state index contributed by atoms with van der Waals surface area (Å²) < 4.78 is 3.81. The van der Waals surface area contributed by atoms with Crippen molar-refractivity contribution in [2.75, 3.05) is 18.4 Å². The smallest absolute Gasteiger partial charge is 0.252 e. The average Bonchev–Trinajstić information content (AvgIpc) is 3.31. The number of rotatable bonds is 6. The first kappa shape index (κ1) is 16.8. The molecule has 0 saturated heterocycles. The van der Waals surface area contributed by atoms with Crippen molar-refractivity contribution in [2.24, 2.45) is 0 Å². The molecule has 0 atom stereocenters. The zero-order valence-electron chi connectivity index (χ0n) is 14.8. The molecule has 8 nitrogen and oxygen atoms in total. The maximum Gasteiger partial charge on any atom is 0.252 e. The van der Waals surface area contributed by atoms with Gasteiger partial charge < -0.3 is 15.0 Å². The van der Waals surface area contributed by atoms with E-state index in [1.165, 1.54) is 6.33 Å². The summed E-state index contributed by atoms with van der Waals surface area (Å²) in [6.07, 6.45) is 8.82. The molecule has 0 fully saturated rings. The summed E-state index contributed by atoms with van der Waals surface area (Å²) in [5.74, 6) is 2.19. The topological polar surface area (TPSA) is 89.1 Å². The highest BCUT2D eigenvalue weighted by Gasteiger charge is 2.08. The molecule has 0 saturated carbocycles. The largest absolute Gasteiger partial charge is 0.368 e. The van der Waals surface area contributed by atoms with Crippen molar-refractivity contribution in [2.45, 2.75) is 6.92 Å². The summed E-state index contributed by atoms with van der Waals surface area (Å²) in [4.78, 5) is 24.9. The Balaban J connectivity index is 1.32. The maximum absolute atomic E-state index is 12.3. The zero-order chi connectivity index (χ0) is 18.6. The number of aromatic nitrogens is 5.